The van der Waals surface area contributed by atoms with Gasteiger partial charge in [-0.3, -0.25) is 0 Å². The molecule has 1 atom stereocenters. The van der Waals surface area contributed by atoms with Crippen molar-refractivity contribution in [3.8, 4) is 0 Å². The zero-order chi connectivity index (χ0) is 17.8. The van der Waals surface area contributed by atoms with Crippen LogP contribution in [0.5, 0.6) is 0 Å². The van der Waals surface area contributed by atoms with Gasteiger partial charge in [0.1, 0.15) is 0 Å². The number of aromatic amines is 1. The third-order valence-electron chi connectivity index (χ3n) is 4.03. The number of carboxylic acid groups (broad SMARTS) is 1. The zero-order valence-corrected chi connectivity index (χ0v) is 14.9. The quantitative estimate of drug-likeness (QED) is 0.465. The van der Waals surface area contributed by atoms with Crippen molar-refractivity contribution < 1.29 is 15.1 Å². The first-order valence-electron chi connectivity index (χ1n) is 7.78. The molecule has 1 amide bonds. The van der Waals surface area contributed by atoms with E-state index in [0.717, 1.165) is 31.7 Å². The number of halogens is 1. The number of hydrogen-bond donors (Lipinski definition) is 4. The zero-order valence-electron chi connectivity index (χ0n) is 13.3. The lowest BCUT2D eigenvalue weighted by molar-refractivity contribution is -0.135. The van der Waals surface area contributed by atoms with Crippen molar-refractivity contribution in [3.63, 3.8) is 0 Å². The number of H-pyrrole nitrogens is 1. The Kier molecular flexibility index (Phi) is 5.37. The van der Waals surface area contributed by atoms with Gasteiger partial charge in [-0.25, -0.2) is 4.79 Å². The topological polar surface area (TPSA) is 88.6 Å². The fraction of sp³-hybridized carbons (Fsp3) is 0.167. The van der Waals surface area contributed by atoms with Crippen LogP contribution in [0.25, 0.3) is 10.9 Å². The van der Waals surface area contributed by atoms with Crippen molar-refractivity contribution in [2.24, 2.45) is 0 Å². The number of hydroxylamine groups is 2. The first kappa shape index (κ1) is 17.5. The van der Waals surface area contributed by atoms with Crippen LogP contribution in [0, 0.1) is 0 Å². The summed E-state index contributed by atoms with van der Waals surface area (Å²) in [5.74, 6) is 0. The summed E-state index contributed by atoms with van der Waals surface area (Å²) in [4.78, 5) is 14.2. The average Bonchev–Trinajstić information content (AvgIpc) is 2.92. The molecule has 1 heterocycles. The van der Waals surface area contributed by atoms with Gasteiger partial charge in [-0.2, -0.15) is 5.06 Å². The maximum Gasteiger partial charge on any atom is 0.404 e. The molecule has 3 aromatic rings. The van der Waals surface area contributed by atoms with Gasteiger partial charge in [0.2, 0.25) is 0 Å². The molecule has 0 radical (unpaired) electrons. The molecular formula is C18H18BrN3O3. The predicted octanol–water partition coefficient (Wildman–Crippen LogP) is 4.13. The minimum Gasteiger partial charge on any atom is -0.465 e. The third kappa shape index (κ3) is 4.01. The number of para-hydroxylation sites is 1. The minimum absolute atomic E-state index is 0.0547. The van der Waals surface area contributed by atoms with Crippen LogP contribution in [0.2, 0.25) is 0 Å². The second kappa shape index (κ2) is 7.69. The molecule has 4 N–H and O–H groups in total. The Morgan fingerprint density at radius 3 is 2.56 bits per heavy atom. The molecule has 25 heavy (non-hydrogen) atoms. The fourth-order valence-electron chi connectivity index (χ4n) is 2.88. The van der Waals surface area contributed by atoms with E-state index in [0.29, 0.717) is 0 Å². The summed E-state index contributed by atoms with van der Waals surface area (Å²) in [5.41, 5.74) is 2.65. The molecule has 6 nitrogen and oxygen atoms in total. The molecule has 130 valence electrons. The summed E-state index contributed by atoms with van der Waals surface area (Å²) >= 11 is 3.50. The number of amides is 1. The highest BCUT2D eigenvalue weighted by Gasteiger charge is 2.25. The van der Waals surface area contributed by atoms with E-state index in [1.807, 2.05) is 54.6 Å². The largest absolute Gasteiger partial charge is 0.465 e. The minimum atomic E-state index is -1.13. The van der Waals surface area contributed by atoms with Crippen LogP contribution >= 0.6 is 15.9 Å². The molecular weight excluding hydrogens is 386 g/mol. The molecule has 7 heteroatoms. The highest BCUT2D eigenvalue weighted by atomic mass is 79.9. The van der Waals surface area contributed by atoms with E-state index in [-0.39, 0.29) is 13.1 Å². The molecule has 3 rings (SSSR count). The Bertz CT molecular complexity index is 866. The maximum absolute atomic E-state index is 11.0. The predicted molar refractivity (Wildman–Crippen MR) is 98.5 cm³/mol. The molecule has 0 aliphatic carbocycles. The van der Waals surface area contributed by atoms with E-state index >= 15 is 0 Å². The Morgan fingerprint density at radius 2 is 1.84 bits per heavy atom. The van der Waals surface area contributed by atoms with E-state index in [2.05, 4.69) is 26.2 Å². The summed E-state index contributed by atoms with van der Waals surface area (Å²) in [6, 6.07) is 16.7. The molecule has 1 unspecified atom stereocenters. The molecule has 0 spiro atoms. The molecule has 0 aliphatic heterocycles. The molecule has 0 fully saturated rings. The fourth-order valence-corrected chi connectivity index (χ4v) is 3.57. The lowest BCUT2D eigenvalue weighted by atomic mass is 10.0. The van der Waals surface area contributed by atoms with Crippen LogP contribution in [0.4, 0.5) is 4.79 Å². The second-order valence-electron chi connectivity index (χ2n) is 5.68. The van der Waals surface area contributed by atoms with Crippen molar-refractivity contribution in [2.75, 3.05) is 6.54 Å². The van der Waals surface area contributed by atoms with Crippen molar-refractivity contribution in [1.82, 2.24) is 15.4 Å². The van der Waals surface area contributed by atoms with Crippen LogP contribution in [0.3, 0.4) is 0 Å². The summed E-state index contributed by atoms with van der Waals surface area (Å²) in [5, 5.41) is 24.1. The summed E-state index contributed by atoms with van der Waals surface area (Å²) in [7, 11) is 0. The molecule has 2 aromatic carbocycles. The second-order valence-corrected chi connectivity index (χ2v) is 6.48. The normalized spacial score (nSPS) is 12.4. The van der Waals surface area contributed by atoms with Crippen molar-refractivity contribution >= 4 is 32.9 Å². The van der Waals surface area contributed by atoms with Gasteiger partial charge in [0.15, 0.2) is 0 Å². The first-order valence-corrected chi connectivity index (χ1v) is 8.58. The van der Waals surface area contributed by atoms with Crippen LogP contribution < -0.4 is 5.32 Å². The van der Waals surface area contributed by atoms with Gasteiger partial charge in [0, 0.05) is 29.6 Å². The van der Waals surface area contributed by atoms with E-state index in [1.54, 1.807) is 0 Å². The Hall–Kier alpha value is -2.35. The Balaban J connectivity index is 1.95. The van der Waals surface area contributed by atoms with Gasteiger partial charge < -0.3 is 20.6 Å². The lowest BCUT2D eigenvalue weighted by Gasteiger charge is -2.26. The third-order valence-corrected chi connectivity index (χ3v) is 4.65. The van der Waals surface area contributed by atoms with Gasteiger partial charge in [-0.05, 0) is 27.6 Å². The van der Waals surface area contributed by atoms with E-state index < -0.39 is 12.1 Å². The number of nitrogens with one attached hydrogen (secondary N) is 2. The van der Waals surface area contributed by atoms with Gasteiger partial charge in [-0.15, -0.1) is 0 Å². The summed E-state index contributed by atoms with van der Waals surface area (Å²) in [6.07, 6.45) is -1.13. The van der Waals surface area contributed by atoms with Gasteiger partial charge in [0.05, 0.1) is 10.6 Å². The van der Waals surface area contributed by atoms with Crippen LogP contribution in [0.1, 0.15) is 17.2 Å². The number of benzene rings is 2. The SMILES string of the molecule is O=C(O)NCC(c1c(Br)[nH]c2ccccc12)N(O)Cc1ccccc1. The summed E-state index contributed by atoms with van der Waals surface area (Å²) < 4.78 is 0.720. The van der Waals surface area contributed by atoms with Gasteiger partial charge >= 0.3 is 6.09 Å². The number of aromatic nitrogens is 1. The molecule has 0 aliphatic rings. The van der Waals surface area contributed by atoms with Crippen molar-refractivity contribution in [2.45, 2.75) is 12.6 Å². The Morgan fingerprint density at radius 1 is 1.16 bits per heavy atom. The maximum atomic E-state index is 11.0. The molecule has 0 bridgehead atoms. The standard InChI is InChI=1S/C18H18BrN3O3/c19-17-16(13-8-4-5-9-14(13)21-17)15(10-20-18(23)24)22(25)11-12-6-2-1-3-7-12/h1-9,15,20-21,25H,10-11H2,(H,23,24). The summed E-state index contributed by atoms with van der Waals surface area (Å²) in [6.45, 7) is 0.331. The number of nitrogens with zero attached hydrogens (tertiary/aromatic N) is 1. The van der Waals surface area contributed by atoms with Crippen molar-refractivity contribution in [3.05, 3.63) is 70.3 Å². The molecule has 1 aromatic heterocycles. The number of carbonyl (C=O) groups is 1. The number of rotatable bonds is 6. The lowest BCUT2D eigenvalue weighted by Crippen LogP contribution is -2.35. The monoisotopic (exact) mass is 403 g/mol. The van der Waals surface area contributed by atoms with E-state index in [9.17, 15) is 10.0 Å². The van der Waals surface area contributed by atoms with Gasteiger partial charge in [-0.1, -0.05) is 48.5 Å². The van der Waals surface area contributed by atoms with E-state index in [4.69, 9.17) is 5.11 Å². The molecule has 0 saturated heterocycles. The highest BCUT2D eigenvalue weighted by Crippen LogP contribution is 2.34. The smallest absolute Gasteiger partial charge is 0.404 e. The highest BCUT2D eigenvalue weighted by molar-refractivity contribution is 9.10. The Labute approximate surface area is 153 Å². The van der Waals surface area contributed by atoms with Crippen LogP contribution in [-0.2, 0) is 6.54 Å². The van der Waals surface area contributed by atoms with Crippen molar-refractivity contribution in [1.29, 1.82) is 0 Å². The molecule has 0 saturated carbocycles. The van der Waals surface area contributed by atoms with Crippen LogP contribution in [0.15, 0.2) is 59.2 Å². The van der Waals surface area contributed by atoms with Crippen LogP contribution in [-0.4, -0.2) is 33.0 Å². The first-order chi connectivity index (χ1) is 12.1. The number of hydrogen-bond acceptors (Lipinski definition) is 3. The number of fused-ring (bicyclic) bond motifs is 1. The van der Waals surface area contributed by atoms with Gasteiger partial charge in [0.25, 0.3) is 0 Å². The average molecular weight is 404 g/mol. The van der Waals surface area contributed by atoms with E-state index in [1.165, 1.54) is 0 Å².